The number of nitrogens with one attached hydrogen (secondary N) is 2. The number of methoxy groups -OCH3 is 1. The number of aromatic nitrogens is 2. The highest BCUT2D eigenvalue weighted by Crippen LogP contribution is 2.27. The lowest BCUT2D eigenvalue weighted by atomic mass is 9.92. The standard InChI is InChI=1S/C29H39N5O3/c1-20(2)16-17-33(28(36)30-22-12-14-23(37-7)15-13-22)19-27(35)31-26-18-25(29(4,5)6)32-34(26)24-11-9-8-10-21(24)3/h8-15,18,20H,16-17,19H2,1-7H3,(H,30,36)(H,31,35). The molecule has 0 saturated heterocycles. The maximum atomic E-state index is 13.2. The van der Waals surface area contributed by atoms with E-state index in [0.717, 1.165) is 23.4 Å². The molecule has 1 heterocycles. The fourth-order valence-corrected chi connectivity index (χ4v) is 3.72. The van der Waals surface area contributed by atoms with Crippen LogP contribution in [-0.4, -0.2) is 46.8 Å². The van der Waals surface area contributed by atoms with E-state index in [4.69, 9.17) is 9.84 Å². The summed E-state index contributed by atoms with van der Waals surface area (Å²) >= 11 is 0. The largest absolute Gasteiger partial charge is 0.497 e. The summed E-state index contributed by atoms with van der Waals surface area (Å²) in [5, 5.41) is 10.7. The lowest BCUT2D eigenvalue weighted by Crippen LogP contribution is -2.41. The molecule has 0 unspecified atom stereocenters. The van der Waals surface area contributed by atoms with Crippen LogP contribution in [0.4, 0.5) is 16.3 Å². The molecule has 2 aromatic carbocycles. The van der Waals surface area contributed by atoms with Gasteiger partial charge in [0.15, 0.2) is 0 Å². The van der Waals surface area contributed by atoms with E-state index < -0.39 is 0 Å². The van der Waals surface area contributed by atoms with Gasteiger partial charge in [0.2, 0.25) is 5.91 Å². The molecular weight excluding hydrogens is 466 g/mol. The smallest absolute Gasteiger partial charge is 0.322 e. The van der Waals surface area contributed by atoms with Crippen molar-refractivity contribution < 1.29 is 14.3 Å². The fraction of sp³-hybridized carbons (Fsp3) is 0.414. The number of anilines is 2. The average Bonchev–Trinajstić information content (AvgIpc) is 3.26. The fourth-order valence-electron chi connectivity index (χ4n) is 3.72. The lowest BCUT2D eigenvalue weighted by molar-refractivity contribution is -0.116. The van der Waals surface area contributed by atoms with Crippen molar-refractivity contribution in [2.75, 3.05) is 30.8 Å². The second-order valence-electron chi connectivity index (χ2n) is 10.7. The van der Waals surface area contributed by atoms with E-state index in [9.17, 15) is 9.59 Å². The molecule has 0 atom stereocenters. The van der Waals surface area contributed by atoms with Gasteiger partial charge in [0.05, 0.1) is 18.5 Å². The number of hydrogen-bond donors (Lipinski definition) is 2. The molecule has 0 saturated carbocycles. The Balaban J connectivity index is 1.81. The third kappa shape index (κ3) is 7.59. The van der Waals surface area contributed by atoms with Gasteiger partial charge in [-0.3, -0.25) is 4.79 Å². The predicted octanol–water partition coefficient (Wildman–Crippen LogP) is 6.01. The summed E-state index contributed by atoms with van der Waals surface area (Å²) in [7, 11) is 1.59. The number of carbonyl (C=O) groups is 2. The van der Waals surface area contributed by atoms with Gasteiger partial charge in [-0.15, -0.1) is 0 Å². The Morgan fingerprint density at radius 1 is 1.05 bits per heavy atom. The molecular formula is C29H39N5O3. The highest BCUT2D eigenvalue weighted by molar-refractivity contribution is 5.96. The number of aryl methyl sites for hydroxylation is 1. The molecule has 198 valence electrons. The summed E-state index contributed by atoms with van der Waals surface area (Å²) in [5.74, 6) is 1.37. The summed E-state index contributed by atoms with van der Waals surface area (Å²) in [5.41, 5.74) is 3.23. The molecule has 1 aromatic heterocycles. The maximum absolute atomic E-state index is 13.2. The SMILES string of the molecule is COc1ccc(NC(=O)N(CCC(C)C)CC(=O)Nc2cc(C(C)(C)C)nn2-c2ccccc2C)cc1. The zero-order valence-electron chi connectivity index (χ0n) is 23.0. The molecule has 0 bridgehead atoms. The van der Waals surface area contributed by atoms with Crippen molar-refractivity contribution in [3.63, 3.8) is 0 Å². The summed E-state index contributed by atoms with van der Waals surface area (Å²) in [6.07, 6.45) is 0.776. The number of benzene rings is 2. The number of carbonyl (C=O) groups excluding carboxylic acids is 2. The molecule has 0 spiro atoms. The van der Waals surface area contributed by atoms with Crippen LogP contribution in [0, 0.1) is 12.8 Å². The van der Waals surface area contributed by atoms with Gasteiger partial charge >= 0.3 is 6.03 Å². The Kier molecular flexibility index (Phi) is 8.97. The second kappa shape index (κ2) is 12.0. The molecule has 0 fully saturated rings. The van der Waals surface area contributed by atoms with Gasteiger partial charge in [0.25, 0.3) is 0 Å². The Morgan fingerprint density at radius 2 is 1.73 bits per heavy atom. The second-order valence-corrected chi connectivity index (χ2v) is 10.7. The van der Waals surface area contributed by atoms with Gasteiger partial charge in [-0.2, -0.15) is 5.10 Å². The molecule has 8 nitrogen and oxygen atoms in total. The molecule has 3 aromatic rings. The first-order valence-corrected chi connectivity index (χ1v) is 12.6. The van der Waals surface area contributed by atoms with Crippen molar-refractivity contribution in [3.05, 3.63) is 65.9 Å². The molecule has 0 aliphatic heterocycles. The Bertz CT molecular complexity index is 1210. The van der Waals surface area contributed by atoms with E-state index >= 15 is 0 Å². The van der Waals surface area contributed by atoms with Crippen molar-refractivity contribution in [1.29, 1.82) is 0 Å². The van der Waals surface area contributed by atoms with Gasteiger partial charge < -0.3 is 20.3 Å². The third-order valence-electron chi connectivity index (χ3n) is 6.03. The highest BCUT2D eigenvalue weighted by Gasteiger charge is 2.23. The summed E-state index contributed by atoms with van der Waals surface area (Å²) in [6.45, 7) is 12.8. The van der Waals surface area contributed by atoms with Gasteiger partial charge in [-0.05, 0) is 55.2 Å². The van der Waals surface area contributed by atoms with Crippen LogP contribution in [0.3, 0.4) is 0 Å². The molecule has 3 amide bonds. The van der Waals surface area contributed by atoms with Gasteiger partial charge in [-0.1, -0.05) is 52.8 Å². The van der Waals surface area contributed by atoms with E-state index in [1.54, 1.807) is 41.0 Å². The number of nitrogens with zero attached hydrogens (tertiary/aromatic N) is 3. The number of rotatable bonds is 9. The Morgan fingerprint density at radius 3 is 2.32 bits per heavy atom. The average molecular weight is 506 g/mol. The van der Waals surface area contributed by atoms with Crippen LogP contribution >= 0.6 is 0 Å². The lowest BCUT2D eigenvalue weighted by Gasteiger charge is -2.23. The zero-order chi connectivity index (χ0) is 27.2. The molecule has 37 heavy (non-hydrogen) atoms. The first-order valence-electron chi connectivity index (χ1n) is 12.6. The number of para-hydroxylation sites is 1. The number of hydrogen-bond acceptors (Lipinski definition) is 4. The molecule has 8 heteroatoms. The first kappa shape index (κ1) is 27.8. The molecule has 0 aliphatic rings. The Hall–Kier alpha value is -3.81. The maximum Gasteiger partial charge on any atom is 0.322 e. The van der Waals surface area contributed by atoms with Crippen molar-refractivity contribution in [3.8, 4) is 11.4 Å². The van der Waals surface area contributed by atoms with E-state index in [2.05, 4.69) is 45.3 Å². The minimum atomic E-state index is -0.330. The van der Waals surface area contributed by atoms with Gasteiger partial charge in [-0.25, -0.2) is 9.48 Å². The van der Waals surface area contributed by atoms with Gasteiger partial charge in [0.1, 0.15) is 18.1 Å². The third-order valence-corrected chi connectivity index (χ3v) is 6.03. The number of ether oxygens (including phenoxy) is 1. The predicted molar refractivity (Wildman–Crippen MR) is 149 cm³/mol. The molecule has 0 radical (unpaired) electrons. The topological polar surface area (TPSA) is 88.5 Å². The van der Waals surface area contributed by atoms with Gasteiger partial charge in [0, 0.05) is 23.7 Å². The molecule has 3 rings (SSSR count). The molecule has 2 N–H and O–H groups in total. The quantitative estimate of drug-likeness (QED) is 0.373. The van der Waals surface area contributed by atoms with Crippen LogP contribution in [0.2, 0.25) is 0 Å². The minimum absolute atomic E-state index is 0.0848. The van der Waals surface area contributed by atoms with Crippen molar-refractivity contribution >= 4 is 23.4 Å². The van der Waals surface area contributed by atoms with Crippen molar-refractivity contribution in [2.24, 2.45) is 5.92 Å². The number of amides is 3. The Labute approximate surface area is 220 Å². The molecule has 0 aliphatic carbocycles. The van der Waals surface area contributed by atoms with Crippen LogP contribution in [0.25, 0.3) is 5.69 Å². The normalized spacial score (nSPS) is 11.4. The van der Waals surface area contributed by atoms with Crippen LogP contribution in [0.1, 0.15) is 52.3 Å². The monoisotopic (exact) mass is 505 g/mol. The summed E-state index contributed by atoms with van der Waals surface area (Å²) in [4.78, 5) is 27.9. The van der Waals surface area contributed by atoms with Crippen LogP contribution in [0.5, 0.6) is 5.75 Å². The van der Waals surface area contributed by atoms with Crippen LogP contribution in [-0.2, 0) is 10.2 Å². The van der Waals surface area contributed by atoms with Crippen LogP contribution in [0.15, 0.2) is 54.6 Å². The van der Waals surface area contributed by atoms with E-state index in [-0.39, 0.29) is 23.9 Å². The summed E-state index contributed by atoms with van der Waals surface area (Å²) in [6, 6.07) is 16.6. The van der Waals surface area contributed by atoms with Crippen molar-refractivity contribution in [1.82, 2.24) is 14.7 Å². The highest BCUT2D eigenvalue weighted by atomic mass is 16.5. The van der Waals surface area contributed by atoms with E-state index in [0.29, 0.717) is 29.7 Å². The first-order chi connectivity index (χ1) is 17.5. The number of urea groups is 1. The zero-order valence-corrected chi connectivity index (χ0v) is 23.0. The minimum Gasteiger partial charge on any atom is -0.497 e. The van der Waals surface area contributed by atoms with E-state index in [1.165, 1.54) is 0 Å². The van der Waals surface area contributed by atoms with Crippen molar-refractivity contribution in [2.45, 2.75) is 53.4 Å². The summed E-state index contributed by atoms with van der Waals surface area (Å²) < 4.78 is 6.95. The van der Waals surface area contributed by atoms with Crippen LogP contribution < -0.4 is 15.4 Å². The van der Waals surface area contributed by atoms with E-state index in [1.807, 2.05) is 37.3 Å².